The molecule has 0 bridgehead atoms. The highest BCUT2D eigenvalue weighted by Gasteiger charge is 2.36. The zero-order chi connectivity index (χ0) is 17.9. The van der Waals surface area contributed by atoms with Crippen molar-refractivity contribution in [1.29, 1.82) is 0 Å². The van der Waals surface area contributed by atoms with Crippen molar-refractivity contribution in [1.82, 2.24) is 19.4 Å². The largest absolute Gasteiger partial charge is 0.354 e. The van der Waals surface area contributed by atoms with Crippen molar-refractivity contribution in [2.75, 3.05) is 19.3 Å². The Labute approximate surface area is 147 Å². The molecule has 134 valence electrons. The van der Waals surface area contributed by atoms with E-state index in [4.69, 9.17) is 0 Å². The van der Waals surface area contributed by atoms with Gasteiger partial charge in [0.05, 0.1) is 18.1 Å². The van der Waals surface area contributed by atoms with Crippen LogP contribution >= 0.6 is 0 Å². The predicted octanol–water partition coefficient (Wildman–Crippen LogP) is 0.955. The third-order valence-electron chi connectivity index (χ3n) is 4.30. The maximum atomic E-state index is 12.3. The van der Waals surface area contributed by atoms with Crippen LogP contribution in [0.3, 0.4) is 0 Å². The Kier molecular flexibility index (Phi) is 5.19. The normalized spacial score (nSPS) is 18.4. The van der Waals surface area contributed by atoms with Crippen LogP contribution in [0, 0.1) is 0 Å². The fourth-order valence-corrected chi connectivity index (χ4v) is 4.18. The molecule has 1 aromatic heterocycles. The molecule has 1 saturated heterocycles. The minimum atomic E-state index is -3.34. The molecular formula is C17H22N4O3S. The third-order valence-corrected chi connectivity index (χ3v) is 5.59. The van der Waals surface area contributed by atoms with Crippen molar-refractivity contribution in [2.45, 2.75) is 25.3 Å². The van der Waals surface area contributed by atoms with E-state index in [1.807, 2.05) is 36.5 Å². The van der Waals surface area contributed by atoms with Gasteiger partial charge < -0.3 is 5.32 Å². The van der Waals surface area contributed by atoms with Gasteiger partial charge >= 0.3 is 0 Å². The van der Waals surface area contributed by atoms with Gasteiger partial charge in [0.25, 0.3) is 0 Å². The molecule has 1 aliphatic rings. The Morgan fingerprint density at radius 3 is 2.80 bits per heavy atom. The molecule has 1 aliphatic heterocycles. The first kappa shape index (κ1) is 17.6. The molecule has 0 spiro atoms. The second-order valence-electron chi connectivity index (χ2n) is 6.20. The Balaban J connectivity index is 1.53. The molecule has 3 rings (SSSR count). The third kappa shape index (κ3) is 4.26. The molecule has 2 heterocycles. The number of hydrogen-bond acceptors (Lipinski definition) is 4. The van der Waals surface area contributed by atoms with Crippen molar-refractivity contribution < 1.29 is 13.2 Å². The summed E-state index contributed by atoms with van der Waals surface area (Å²) in [6, 6.07) is 9.21. The van der Waals surface area contributed by atoms with E-state index in [-0.39, 0.29) is 5.91 Å². The number of carbonyl (C=O) groups is 1. The summed E-state index contributed by atoms with van der Waals surface area (Å²) in [6.07, 6.45) is 6.79. The fraction of sp³-hybridized carbons (Fsp3) is 0.412. The number of carbonyl (C=O) groups excluding carboxylic acids is 1. The van der Waals surface area contributed by atoms with Gasteiger partial charge in [0.2, 0.25) is 15.9 Å². The lowest BCUT2D eigenvalue weighted by Crippen LogP contribution is -2.45. The zero-order valence-corrected chi connectivity index (χ0v) is 14.9. The van der Waals surface area contributed by atoms with Gasteiger partial charge in [-0.15, -0.1) is 0 Å². The van der Waals surface area contributed by atoms with Gasteiger partial charge in [-0.2, -0.15) is 9.40 Å². The summed E-state index contributed by atoms with van der Waals surface area (Å²) in [5, 5.41) is 7.16. The van der Waals surface area contributed by atoms with Gasteiger partial charge in [-0.25, -0.2) is 13.1 Å². The first-order chi connectivity index (χ1) is 11.9. The SMILES string of the molecule is CS(=O)(=O)N1CCCC1C(=O)NCCc1cnn(-c2ccccc2)c1. The molecule has 0 saturated carbocycles. The average Bonchev–Trinajstić information content (AvgIpc) is 3.24. The highest BCUT2D eigenvalue weighted by Crippen LogP contribution is 2.20. The monoisotopic (exact) mass is 362 g/mol. The molecule has 1 fully saturated rings. The zero-order valence-electron chi connectivity index (χ0n) is 14.1. The van der Waals surface area contributed by atoms with Gasteiger partial charge in [0.15, 0.2) is 0 Å². The van der Waals surface area contributed by atoms with Crippen LogP contribution in [-0.2, 0) is 21.2 Å². The topological polar surface area (TPSA) is 84.3 Å². The lowest BCUT2D eigenvalue weighted by Gasteiger charge is -2.21. The van der Waals surface area contributed by atoms with Gasteiger partial charge in [-0.05, 0) is 37.0 Å². The van der Waals surface area contributed by atoms with E-state index >= 15 is 0 Å². The summed E-state index contributed by atoms with van der Waals surface area (Å²) in [5.74, 6) is -0.224. The van der Waals surface area contributed by atoms with Crippen LogP contribution in [0.15, 0.2) is 42.7 Å². The van der Waals surface area contributed by atoms with Crippen molar-refractivity contribution >= 4 is 15.9 Å². The molecule has 1 unspecified atom stereocenters. The average molecular weight is 362 g/mol. The molecule has 1 atom stereocenters. The van der Waals surface area contributed by atoms with E-state index in [2.05, 4.69) is 10.4 Å². The summed E-state index contributed by atoms with van der Waals surface area (Å²) in [7, 11) is -3.34. The van der Waals surface area contributed by atoms with Crippen molar-refractivity contribution in [3.63, 3.8) is 0 Å². The van der Waals surface area contributed by atoms with Crippen LogP contribution in [0.25, 0.3) is 5.69 Å². The summed E-state index contributed by atoms with van der Waals surface area (Å²) < 4.78 is 26.5. The maximum Gasteiger partial charge on any atom is 0.238 e. The molecule has 1 N–H and O–H groups in total. The first-order valence-electron chi connectivity index (χ1n) is 8.28. The summed E-state index contributed by atoms with van der Waals surface area (Å²) in [5.41, 5.74) is 1.99. The maximum absolute atomic E-state index is 12.3. The summed E-state index contributed by atoms with van der Waals surface area (Å²) in [4.78, 5) is 12.3. The Bertz CT molecular complexity index is 833. The molecule has 0 radical (unpaired) electrons. The number of nitrogens with zero attached hydrogens (tertiary/aromatic N) is 3. The van der Waals surface area contributed by atoms with Crippen LogP contribution in [0.5, 0.6) is 0 Å². The first-order valence-corrected chi connectivity index (χ1v) is 10.1. The number of benzene rings is 1. The molecule has 1 aromatic carbocycles. The van der Waals surface area contributed by atoms with E-state index in [1.165, 1.54) is 4.31 Å². The smallest absolute Gasteiger partial charge is 0.238 e. The number of sulfonamides is 1. The molecule has 2 aromatic rings. The predicted molar refractivity (Wildman–Crippen MR) is 94.8 cm³/mol. The van der Waals surface area contributed by atoms with Crippen LogP contribution in [0.4, 0.5) is 0 Å². The van der Waals surface area contributed by atoms with Crippen LogP contribution in [0.2, 0.25) is 0 Å². The quantitative estimate of drug-likeness (QED) is 0.829. The Morgan fingerprint density at radius 2 is 2.08 bits per heavy atom. The van der Waals surface area contributed by atoms with E-state index in [1.54, 1.807) is 10.9 Å². The number of amides is 1. The van der Waals surface area contributed by atoms with Gasteiger partial charge in [-0.1, -0.05) is 18.2 Å². The number of hydrogen-bond donors (Lipinski definition) is 1. The minimum absolute atomic E-state index is 0.224. The second kappa shape index (κ2) is 7.37. The molecule has 1 amide bonds. The number of nitrogens with one attached hydrogen (secondary N) is 1. The van der Waals surface area contributed by atoms with Crippen LogP contribution < -0.4 is 5.32 Å². The van der Waals surface area contributed by atoms with E-state index < -0.39 is 16.1 Å². The molecule has 8 heteroatoms. The van der Waals surface area contributed by atoms with Gasteiger partial charge in [-0.3, -0.25) is 4.79 Å². The standard InChI is InChI=1S/C17H22N4O3S/c1-25(23,24)21-11-5-8-16(21)17(22)18-10-9-14-12-19-20(13-14)15-6-3-2-4-7-15/h2-4,6-7,12-13,16H,5,8-11H2,1H3,(H,18,22). The van der Waals surface area contributed by atoms with Crippen molar-refractivity contribution in [2.24, 2.45) is 0 Å². The van der Waals surface area contributed by atoms with Crippen molar-refractivity contribution in [3.8, 4) is 5.69 Å². The van der Waals surface area contributed by atoms with E-state index in [0.717, 1.165) is 23.9 Å². The molecule has 25 heavy (non-hydrogen) atoms. The highest BCUT2D eigenvalue weighted by molar-refractivity contribution is 7.88. The van der Waals surface area contributed by atoms with Crippen LogP contribution in [-0.4, -0.2) is 53.8 Å². The van der Waals surface area contributed by atoms with E-state index in [9.17, 15) is 13.2 Å². The second-order valence-corrected chi connectivity index (χ2v) is 8.14. The highest BCUT2D eigenvalue weighted by atomic mass is 32.2. The number of aromatic nitrogens is 2. The Morgan fingerprint density at radius 1 is 1.32 bits per heavy atom. The lowest BCUT2D eigenvalue weighted by atomic mass is 10.2. The molecule has 7 nitrogen and oxygen atoms in total. The fourth-order valence-electron chi connectivity index (χ4n) is 3.06. The van der Waals surface area contributed by atoms with Gasteiger partial charge in [0, 0.05) is 19.3 Å². The lowest BCUT2D eigenvalue weighted by molar-refractivity contribution is -0.124. The number of para-hydroxylation sites is 1. The van der Waals surface area contributed by atoms with Crippen molar-refractivity contribution in [3.05, 3.63) is 48.3 Å². The summed E-state index contributed by atoms with van der Waals surface area (Å²) in [6.45, 7) is 0.869. The van der Waals surface area contributed by atoms with Crippen LogP contribution in [0.1, 0.15) is 18.4 Å². The number of rotatable bonds is 6. The summed E-state index contributed by atoms with van der Waals surface area (Å²) >= 11 is 0. The van der Waals surface area contributed by atoms with Gasteiger partial charge in [0.1, 0.15) is 6.04 Å². The van der Waals surface area contributed by atoms with E-state index in [0.29, 0.717) is 25.9 Å². The molecular weight excluding hydrogens is 340 g/mol. The molecule has 0 aliphatic carbocycles. The Hall–Kier alpha value is -2.19. The minimum Gasteiger partial charge on any atom is -0.354 e.